The third-order valence-electron chi connectivity index (χ3n) is 2.87. The molecule has 0 atom stereocenters. The van der Waals surface area contributed by atoms with Crippen LogP contribution in [0.4, 0.5) is 0 Å². The van der Waals surface area contributed by atoms with E-state index in [9.17, 15) is 0 Å². The molecule has 3 rings (SSSR count). The fraction of sp³-hybridized carbons (Fsp3) is 0.154. The van der Waals surface area contributed by atoms with Crippen LogP contribution in [0.25, 0.3) is 10.9 Å². The van der Waals surface area contributed by atoms with Crippen molar-refractivity contribution in [3.63, 3.8) is 0 Å². The van der Waals surface area contributed by atoms with Gasteiger partial charge >= 0.3 is 0 Å². The van der Waals surface area contributed by atoms with Crippen LogP contribution in [0.3, 0.4) is 0 Å². The minimum atomic E-state index is 0.806. The predicted octanol–water partition coefficient (Wildman–Crippen LogP) is 2.18. The topological polar surface area (TPSA) is 56.5 Å². The summed E-state index contributed by atoms with van der Waals surface area (Å²) in [6, 6.07) is 8.43. The van der Waals surface area contributed by atoms with Gasteiger partial charge in [0.05, 0.1) is 6.33 Å². The first-order valence-corrected chi connectivity index (χ1v) is 5.66. The molecule has 17 heavy (non-hydrogen) atoms. The Morgan fingerprint density at radius 1 is 1.12 bits per heavy atom. The molecule has 0 amide bonds. The fourth-order valence-electron chi connectivity index (χ4n) is 2.02. The number of nitrogens with one attached hydrogen (secondary N) is 3. The summed E-state index contributed by atoms with van der Waals surface area (Å²) >= 11 is 0. The van der Waals surface area contributed by atoms with Crippen LogP contribution in [0.15, 0.2) is 43.0 Å². The van der Waals surface area contributed by atoms with E-state index in [2.05, 4.69) is 44.5 Å². The second-order valence-electron chi connectivity index (χ2n) is 4.04. The van der Waals surface area contributed by atoms with Crippen LogP contribution in [-0.4, -0.2) is 15.0 Å². The minimum absolute atomic E-state index is 0.806. The average Bonchev–Trinajstić information content (AvgIpc) is 2.99. The van der Waals surface area contributed by atoms with E-state index in [1.807, 2.05) is 12.4 Å². The lowest BCUT2D eigenvalue weighted by atomic mass is 10.1. The van der Waals surface area contributed by atoms with Crippen LogP contribution in [-0.2, 0) is 13.1 Å². The van der Waals surface area contributed by atoms with E-state index in [0.717, 1.165) is 18.8 Å². The van der Waals surface area contributed by atoms with Gasteiger partial charge in [-0.25, -0.2) is 4.98 Å². The Balaban J connectivity index is 1.70. The molecule has 86 valence electrons. The van der Waals surface area contributed by atoms with Gasteiger partial charge in [-0.2, -0.15) is 0 Å². The highest BCUT2D eigenvalue weighted by molar-refractivity contribution is 5.82. The quantitative estimate of drug-likeness (QED) is 0.638. The van der Waals surface area contributed by atoms with Crippen molar-refractivity contribution in [2.75, 3.05) is 0 Å². The number of rotatable bonds is 4. The number of aromatic amines is 2. The highest BCUT2D eigenvalue weighted by atomic mass is 14.9. The molecule has 2 heterocycles. The van der Waals surface area contributed by atoms with Crippen LogP contribution < -0.4 is 5.32 Å². The van der Waals surface area contributed by atoms with Crippen LogP contribution in [0.5, 0.6) is 0 Å². The number of fused-ring (bicyclic) bond motifs is 1. The van der Waals surface area contributed by atoms with Crippen molar-refractivity contribution in [3.05, 3.63) is 54.2 Å². The third kappa shape index (κ3) is 2.07. The van der Waals surface area contributed by atoms with Crippen molar-refractivity contribution in [1.82, 2.24) is 20.3 Å². The standard InChI is InChI=1S/C13H14N4/c1-2-10(12-4-5-16-13(12)3-1)6-14-7-11-8-15-9-17-11/h1-5,8-9,14,16H,6-7H2,(H,15,17). The van der Waals surface area contributed by atoms with Crippen molar-refractivity contribution in [1.29, 1.82) is 0 Å². The number of H-pyrrole nitrogens is 2. The van der Waals surface area contributed by atoms with Crippen molar-refractivity contribution in [3.8, 4) is 0 Å². The van der Waals surface area contributed by atoms with Gasteiger partial charge in [0.15, 0.2) is 0 Å². The minimum Gasteiger partial charge on any atom is -0.361 e. The molecular weight excluding hydrogens is 212 g/mol. The second-order valence-corrected chi connectivity index (χ2v) is 4.04. The maximum atomic E-state index is 3.99. The van der Waals surface area contributed by atoms with Gasteiger partial charge in [-0.3, -0.25) is 0 Å². The summed E-state index contributed by atoms with van der Waals surface area (Å²) in [5.41, 5.74) is 3.60. The van der Waals surface area contributed by atoms with E-state index in [4.69, 9.17) is 0 Å². The van der Waals surface area contributed by atoms with Gasteiger partial charge in [-0.05, 0) is 17.7 Å². The highest BCUT2D eigenvalue weighted by Gasteiger charge is 2.01. The summed E-state index contributed by atoms with van der Waals surface area (Å²) in [7, 11) is 0. The molecule has 0 spiro atoms. The van der Waals surface area contributed by atoms with Crippen molar-refractivity contribution >= 4 is 10.9 Å². The van der Waals surface area contributed by atoms with Gasteiger partial charge in [-0.15, -0.1) is 0 Å². The lowest BCUT2D eigenvalue weighted by Gasteiger charge is -2.05. The van der Waals surface area contributed by atoms with Gasteiger partial charge < -0.3 is 15.3 Å². The molecule has 4 heteroatoms. The molecule has 0 aliphatic heterocycles. The van der Waals surface area contributed by atoms with E-state index in [1.165, 1.54) is 16.5 Å². The first-order chi connectivity index (χ1) is 8.43. The Kier molecular flexibility index (Phi) is 2.63. The zero-order valence-corrected chi connectivity index (χ0v) is 9.40. The molecule has 0 aliphatic carbocycles. The van der Waals surface area contributed by atoms with Crippen LogP contribution in [0, 0.1) is 0 Å². The fourth-order valence-corrected chi connectivity index (χ4v) is 2.02. The smallest absolute Gasteiger partial charge is 0.0922 e. The number of imidazole rings is 1. The zero-order valence-electron chi connectivity index (χ0n) is 9.40. The van der Waals surface area contributed by atoms with Gasteiger partial charge in [-0.1, -0.05) is 12.1 Å². The van der Waals surface area contributed by atoms with Crippen molar-refractivity contribution in [2.24, 2.45) is 0 Å². The molecule has 4 nitrogen and oxygen atoms in total. The van der Waals surface area contributed by atoms with E-state index in [0.29, 0.717) is 0 Å². The molecular formula is C13H14N4. The molecule has 0 saturated heterocycles. The molecule has 0 unspecified atom stereocenters. The number of aromatic nitrogens is 3. The normalized spacial score (nSPS) is 11.1. The molecule has 0 radical (unpaired) electrons. The number of hydrogen-bond acceptors (Lipinski definition) is 2. The molecule has 3 N–H and O–H groups in total. The summed E-state index contributed by atoms with van der Waals surface area (Å²) in [6.45, 7) is 1.66. The average molecular weight is 226 g/mol. The maximum absolute atomic E-state index is 3.99. The van der Waals surface area contributed by atoms with Gasteiger partial charge in [0, 0.05) is 42.1 Å². The zero-order chi connectivity index (χ0) is 11.5. The molecule has 0 aliphatic rings. The number of nitrogens with zero attached hydrogens (tertiary/aromatic N) is 1. The first-order valence-electron chi connectivity index (χ1n) is 5.66. The number of hydrogen-bond donors (Lipinski definition) is 3. The van der Waals surface area contributed by atoms with Gasteiger partial charge in [0.1, 0.15) is 0 Å². The highest BCUT2D eigenvalue weighted by Crippen LogP contribution is 2.16. The van der Waals surface area contributed by atoms with Crippen LogP contribution in [0.2, 0.25) is 0 Å². The Morgan fingerprint density at radius 3 is 3.00 bits per heavy atom. The summed E-state index contributed by atoms with van der Waals surface area (Å²) < 4.78 is 0. The molecule has 1 aromatic carbocycles. The Hall–Kier alpha value is -2.07. The van der Waals surface area contributed by atoms with E-state index < -0.39 is 0 Å². The monoisotopic (exact) mass is 226 g/mol. The molecule has 0 bridgehead atoms. The number of benzene rings is 1. The summed E-state index contributed by atoms with van der Waals surface area (Å²) in [5.74, 6) is 0. The van der Waals surface area contributed by atoms with Crippen LogP contribution >= 0.6 is 0 Å². The maximum Gasteiger partial charge on any atom is 0.0922 e. The van der Waals surface area contributed by atoms with Crippen molar-refractivity contribution in [2.45, 2.75) is 13.1 Å². The summed E-state index contributed by atoms with van der Waals surface area (Å²) in [5, 5.41) is 4.68. The third-order valence-corrected chi connectivity index (χ3v) is 2.87. The second kappa shape index (κ2) is 4.43. The van der Waals surface area contributed by atoms with Crippen LogP contribution in [0.1, 0.15) is 11.3 Å². The summed E-state index contributed by atoms with van der Waals surface area (Å²) in [4.78, 5) is 10.3. The summed E-state index contributed by atoms with van der Waals surface area (Å²) in [6.07, 6.45) is 5.51. The SMILES string of the molecule is c1cc(CNCc2cnc[nH]2)c2cc[nH]c2c1. The largest absolute Gasteiger partial charge is 0.361 e. The lowest BCUT2D eigenvalue weighted by molar-refractivity contribution is 0.685. The van der Waals surface area contributed by atoms with Crippen molar-refractivity contribution < 1.29 is 0 Å². The van der Waals surface area contributed by atoms with E-state index >= 15 is 0 Å². The van der Waals surface area contributed by atoms with E-state index in [1.54, 1.807) is 6.33 Å². The van der Waals surface area contributed by atoms with Gasteiger partial charge in [0.2, 0.25) is 0 Å². The van der Waals surface area contributed by atoms with Gasteiger partial charge in [0.25, 0.3) is 0 Å². The predicted molar refractivity (Wildman–Crippen MR) is 67.4 cm³/mol. The molecule has 3 aromatic rings. The first kappa shape index (κ1) is 10.1. The Morgan fingerprint density at radius 2 is 2.12 bits per heavy atom. The molecule has 2 aromatic heterocycles. The molecule has 0 fully saturated rings. The van der Waals surface area contributed by atoms with E-state index in [-0.39, 0.29) is 0 Å². The lowest BCUT2D eigenvalue weighted by Crippen LogP contribution is -2.12. The Labute approximate surface area is 99.1 Å². The Bertz CT molecular complexity index is 595. The molecule has 0 saturated carbocycles.